The van der Waals surface area contributed by atoms with Crippen LogP contribution < -0.4 is 10.6 Å². The summed E-state index contributed by atoms with van der Waals surface area (Å²) < 4.78 is 14.2. The van der Waals surface area contributed by atoms with Crippen molar-refractivity contribution in [2.45, 2.75) is 44.9 Å². The molecule has 0 spiro atoms. The van der Waals surface area contributed by atoms with E-state index in [2.05, 4.69) is 4.98 Å². The van der Waals surface area contributed by atoms with Crippen LogP contribution in [0.25, 0.3) is 0 Å². The first kappa shape index (κ1) is 16.3. The fourth-order valence-corrected chi connectivity index (χ4v) is 3.07. The second-order valence-electron chi connectivity index (χ2n) is 6.65. The third-order valence-electron chi connectivity index (χ3n) is 3.84. The van der Waals surface area contributed by atoms with Crippen molar-refractivity contribution in [3.05, 3.63) is 18.5 Å². The van der Waals surface area contributed by atoms with Gasteiger partial charge >= 0.3 is 6.09 Å². The van der Waals surface area contributed by atoms with Crippen molar-refractivity contribution < 1.29 is 14.3 Å². The number of hydrogen-bond acceptors (Lipinski definition) is 4. The van der Waals surface area contributed by atoms with Crippen molar-refractivity contribution in [3.63, 3.8) is 0 Å². The number of carboxylic acid groups (broad SMARTS) is 1. The Morgan fingerprint density at radius 1 is 1.50 bits per heavy atom. The van der Waals surface area contributed by atoms with Crippen LogP contribution >= 0.6 is 0 Å². The predicted octanol–water partition coefficient (Wildman–Crippen LogP) is 2.36. The highest BCUT2D eigenvalue weighted by molar-refractivity contribution is 5.68. The molecule has 0 bridgehead atoms. The van der Waals surface area contributed by atoms with E-state index in [1.54, 1.807) is 17.2 Å². The second-order valence-corrected chi connectivity index (χ2v) is 6.65. The lowest BCUT2D eigenvalue weighted by atomic mass is 9.96. The van der Waals surface area contributed by atoms with Crippen LogP contribution in [-0.4, -0.2) is 51.9 Å². The molecule has 0 unspecified atom stereocenters. The monoisotopic (exact) mass is 310 g/mol. The Labute approximate surface area is 129 Å². The number of alkyl halides is 1. The van der Waals surface area contributed by atoms with Crippen molar-refractivity contribution in [1.82, 2.24) is 9.88 Å². The van der Waals surface area contributed by atoms with Crippen LogP contribution in [0.1, 0.15) is 27.2 Å². The molecule has 1 amide bonds. The van der Waals surface area contributed by atoms with Crippen LogP contribution in [0.5, 0.6) is 0 Å². The van der Waals surface area contributed by atoms with Gasteiger partial charge in [-0.05, 0) is 26.8 Å². The maximum absolute atomic E-state index is 14.2. The largest absolute Gasteiger partial charge is 0.465 e. The van der Waals surface area contributed by atoms with Crippen LogP contribution in [0.4, 0.5) is 20.6 Å². The molecular weight excluding hydrogens is 287 g/mol. The predicted molar refractivity (Wildman–Crippen MR) is 83.8 cm³/mol. The third-order valence-corrected chi connectivity index (χ3v) is 3.84. The number of aromatic nitrogens is 1. The minimum atomic E-state index is -1.10. The molecule has 0 aliphatic carbocycles. The van der Waals surface area contributed by atoms with Crippen molar-refractivity contribution in [2.75, 3.05) is 23.7 Å². The van der Waals surface area contributed by atoms with E-state index in [4.69, 9.17) is 5.73 Å². The summed E-state index contributed by atoms with van der Waals surface area (Å²) in [5.41, 5.74) is 6.47. The number of amides is 1. The normalized spacial score (nSPS) is 22.5. The van der Waals surface area contributed by atoms with E-state index in [1.165, 1.54) is 11.1 Å². The SMILES string of the molecule is CC(C)(C)N(C(=O)O)[C@H]1C[C@H](F)CN(c2ccncc2N)C1. The molecule has 2 rings (SSSR count). The summed E-state index contributed by atoms with van der Waals surface area (Å²) in [5.74, 6) is 0. The van der Waals surface area contributed by atoms with Gasteiger partial charge in [-0.2, -0.15) is 0 Å². The van der Waals surface area contributed by atoms with Crippen LogP contribution in [0.2, 0.25) is 0 Å². The molecule has 1 aliphatic rings. The maximum atomic E-state index is 14.2. The number of halogens is 1. The highest BCUT2D eigenvalue weighted by Crippen LogP contribution is 2.30. The van der Waals surface area contributed by atoms with Gasteiger partial charge < -0.3 is 15.7 Å². The molecule has 0 saturated carbocycles. The average Bonchev–Trinajstić information content (AvgIpc) is 2.36. The summed E-state index contributed by atoms with van der Waals surface area (Å²) in [7, 11) is 0. The number of piperidine rings is 1. The first-order valence-corrected chi connectivity index (χ1v) is 7.31. The molecule has 2 atom stereocenters. The molecule has 1 aromatic rings. The number of rotatable bonds is 2. The molecule has 22 heavy (non-hydrogen) atoms. The molecule has 3 N–H and O–H groups in total. The van der Waals surface area contributed by atoms with Crippen molar-refractivity contribution >= 4 is 17.5 Å². The van der Waals surface area contributed by atoms with E-state index in [1.807, 2.05) is 20.8 Å². The molecule has 1 saturated heterocycles. The van der Waals surface area contributed by atoms with E-state index in [0.29, 0.717) is 17.9 Å². The zero-order valence-corrected chi connectivity index (χ0v) is 13.2. The van der Waals surface area contributed by atoms with Crippen LogP contribution in [0.3, 0.4) is 0 Å². The molecule has 0 aromatic carbocycles. The summed E-state index contributed by atoms with van der Waals surface area (Å²) in [6, 6.07) is 1.31. The summed E-state index contributed by atoms with van der Waals surface area (Å²) in [6.45, 7) is 6.07. The zero-order valence-electron chi connectivity index (χ0n) is 13.2. The summed E-state index contributed by atoms with van der Waals surface area (Å²) in [5, 5.41) is 9.51. The topological polar surface area (TPSA) is 82.7 Å². The van der Waals surface area contributed by atoms with E-state index in [-0.39, 0.29) is 13.0 Å². The summed E-state index contributed by atoms with van der Waals surface area (Å²) >= 11 is 0. The Kier molecular flexibility index (Phi) is 4.44. The molecular formula is C15H23FN4O2. The molecule has 2 heterocycles. The van der Waals surface area contributed by atoms with Crippen molar-refractivity contribution in [3.8, 4) is 0 Å². The quantitative estimate of drug-likeness (QED) is 0.876. The standard InChI is InChI=1S/C15H23FN4O2/c1-15(2,3)20(14(21)22)11-6-10(16)8-19(9-11)13-4-5-18-7-12(13)17/h4-5,7,10-11H,6,8-9,17H2,1-3H3,(H,21,22)/t10-,11-/m0/s1. The minimum Gasteiger partial charge on any atom is -0.465 e. The lowest BCUT2D eigenvalue weighted by Crippen LogP contribution is -2.59. The Hall–Kier alpha value is -2.05. The van der Waals surface area contributed by atoms with E-state index < -0.39 is 23.8 Å². The minimum absolute atomic E-state index is 0.199. The van der Waals surface area contributed by atoms with Gasteiger partial charge in [0.15, 0.2) is 0 Å². The smallest absolute Gasteiger partial charge is 0.408 e. The third kappa shape index (κ3) is 3.40. The Bertz CT molecular complexity index is 547. The Morgan fingerprint density at radius 3 is 2.73 bits per heavy atom. The molecule has 0 radical (unpaired) electrons. The fraction of sp³-hybridized carbons (Fsp3) is 0.600. The zero-order chi connectivity index (χ0) is 16.5. The fourth-order valence-electron chi connectivity index (χ4n) is 3.07. The van der Waals surface area contributed by atoms with Crippen LogP contribution in [-0.2, 0) is 0 Å². The molecule has 1 aromatic heterocycles. The number of carbonyl (C=O) groups is 1. The van der Waals surface area contributed by atoms with Crippen molar-refractivity contribution in [1.29, 1.82) is 0 Å². The highest BCUT2D eigenvalue weighted by atomic mass is 19.1. The number of pyridine rings is 1. The van der Waals surface area contributed by atoms with Gasteiger partial charge in [0.25, 0.3) is 0 Å². The van der Waals surface area contributed by atoms with Gasteiger partial charge in [-0.25, -0.2) is 9.18 Å². The van der Waals surface area contributed by atoms with E-state index in [0.717, 1.165) is 0 Å². The van der Waals surface area contributed by atoms with Crippen LogP contribution in [0.15, 0.2) is 18.5 Å². The molecule has 1 fully saturated rings. The van der Waals surface area contributed by atoms with Gasteiger partial charge in [0.1, 0.15) is 6.17 Å². The van der Waals surface area contributed by atoms with Crippen molar-refractivity contribution in [2.24, 2.45) is 0 Å². The van der Waals surface area contributed by atoms with Gasteiger partial charge in [0.2, 0.25) is 0 Å². The molecule has 6 nitrogen and oxygen atoms in total. The van der Waals surface area contributed by atoms with Gasteiger partial charge in [-0.15, -0.1) is 0 Å². The maximum Gasteiger partial charge on any atom is 0.408 e. The number of anilines is 2. The van der Waals surface area contributed by atoms with E-state index >= 15 is 0 Å². The molecule has 1 aliphatic heterocycles. The Morgan fingerprint density at radius 2 is 2.18 bits per heavy atom. The molecule has 7 heteroatoms. The second kappa shape index (κ2) is 5.98. The van der Waals surface area contributed by atoms with Gasteiger partial charge in [0.05, 0.1) is 23.6 Å². The number of nitrogen functional groups attached to an aromatic ring is 1. The van der Waals surface area contributed by atoms with Gasteiger partial charge in [-0.3, -0.25) is 9.88 Å². The Balaban J connectivity index is 2.28. The van der Waals surface area contributed by atoms with Gasteiger partial charge in [0, 0.05) is 31.2 Å². The molecule has 122 valence electrons. The van der Waals surface area contributed by atoms with E-state index in [9.17, 15) is 14.3 Å². The number of nitrogens with two attached hydrogens (primary N) is 1. The lowest BCUT2D eigenvalue weighted by Gasteiger charge is -2.45. The highest BCUT2D eigenvalue weighted by Gasteiger charge is 2.39. The average molecular weight is 310 g/mol. The lowest BCUT2D eigenvalue weighted by molar-refractivity contribution is 0.0532. The van der Waals surface area contributed by atoms with Gasteiger partial charge in [-0.1, -0.05) is 0 Å². The first-order chi connectivity index (χ1) is 10.2. The first-order valence-electron chi connectivity index (χ1n) is 7.31. The summed E-state index contributed by atoms with van der Waals surface area (Å²) in [6.07, 6.45) is 1.18. The number of hydrogen-bond donors (Lipinski definition) is 2. The number of nitrogens with zero attached hydrogens (tertiary/aromatic N) is 3. The summed E-state index contributed by atoms with van der Waals surface area (Å²) in [4.78, 5) is 18.7. The van der Waals surface area contributed by atoms with Crippen LogP contribution in [0, 0.1) is 0 Å².